The minimum Gasteiger partial charge on any atom is -0.478 e. The Hall–Kier alpha value is -1.84. The van der Waals surface area contributed by atoms with Gasteiger partial charge in [0, 0.05) is 5.56 Å². The summed E-state index contributed by atoms with van der Waals surface area (Å²) in [5.41, 5.74) is 1.93. The highest BCUT2D eigenvalue weighted by molar-refractivity contribution is 5.97. The van der Waals surface area contributed by atoms with E-state index < -0.39 is 12.1 Å². The molecule has 4 heteroatoms. The topological polar surface area (TPSA) is 58.9 Å². The SMILES string of the molecule is Cc1cccc(C2=NCC(C(=O)O)O2)c1. The van der Waals surface area contributed by atoms with E-state index in [9.17, 15) is 4.79 Å². The number of aryl methyl sites for hydroxylation is 1. The number of nitrogens with zero attached hydrogens (tertiary/aromatic N) is 1. The first kappa shape index (κ1) is 9.71. The zero-order valence-electron chi connectivity index (χ0n) is 8.30. The molecule has 15 heavy (non-hydrogen) atoms. The molecule has 4 nitrogen and oxygen atoms in total. The maximum absolute atomic E-state index is 10.6. The number of benzene rings is 1. The summed E-state index contributed by atoms with van der Waals surface area (Å²) in [6, 6.07) is 7.64. The van der Waals surface area contributed by atoms with Crippen LogP contribution >= 0.6 is 0 Å². The molecule has 0 aromatic heterocycles. The van der Waals surface area contributed by atoms with E-state index >= 15 is 0 Å². The Kier molecular flexibility index (Phi) is 2.41. The number of hydrogen-bond donors (Lipinski definition) is 1. The molecule has 0 saturated carbocycles. The van der Waals surface area contributed by atoms with Gasteiger partial charge < -0.3 is 9.84 Å². The minimum atomic E-state index is -0.971. The number of aliphatic carboxylic acids is 1. The highest BCUT2D eigenvalue weighted by atomic mass is 16.5. The Labute approximate surface area is 87.2 Å². The number of ether oxygens (including phenoxy) is 1. The van der Waals surface area contributed by atoms with Crippen molar-refractivity contribution in [2.45, 2.75) is 13.0 Å². The van der Waals surface area contributed by atoms with Crippen molar-refractivity contribution in [2.75, 3.05) is 6.54 Å². The van der Waals surface area contributed by atoms with Gasteiger partial charge in [-0.2, -0.15) is 0 Å². The van der Waals surface area contributed by atoms with Crippen molar-refractivity contribution in [1.82, 2.24) is 0 Å². The van der Waals surface area contributed by atoms with E-state index in [0.717, 1.165) is 11.1 Å². The average molecular weight is 205 g/mol. The van der Waals surface area contributed by atoms with Crippen LogP contribution in [0.1, 0.15) is 11.1 Å². The lowest BCUT2D eigenvalue weighted by Crippen LogP contribution is -2.24. The maximum Gasteiger partial charge on any atom is 0.346 e. The number of hydrogen-bond acceptors (Lipinski definition) is 3. The van der Waals surface area contributed by atoms with Gasteiger partial charge in [-0.25, -0.2) is 9.79 Å². The van der Waals surface area contributed by atoms with Gasteiger partial charge in [0.05, 0.1) is 6.54 Å². The van der Waals surface area contributed by atoms with Gasteiger partial charge in [0.2, 0.25) is 12.0 Å². The smallest absolute Gasteiger partial charge is 0.346 e. The molecule has 0 bridgehead atoms. The Balaban J connectivity index is 2.17. The lowest BCUT2D eigenvalue weighted by atomic mass is 10.1. The first-order valence-electron chi connectivity index (χ1n) is 4.68. The predicted octanol–water partition coefficient (Wildman–Crippen LogP) is 1.23. The number of carboxylic acids is 1. The number of rotatable bonds is 2. The third-order valence-corrected chi connectivity index (χ3v) is 2.20. The molecule has 78 valence electrons. The molecule has 1 unspecified atom stereocenters. The van der Waals surface area contributed by atoms with Crippen LogP contribution in [0.3, 0.4) is 0 Å². The van der Waals surface area contributed by atoms with Gasteiger partial charge in [-0.05, 0) is 19.1 Å². The van der Waals surface area contributed by atoms with Gasteiger partial charge in [-0.3, -0.25) is 0 Å². The van der Waals surface area contributed by atoms with Crippen LogP contribution in [-0.4, -0.2) is 29.6 Å². The van der Waals surface area contributed by atoms with Crippen molar-refractivity contribution in [2.24, 2.45) is 4.99 Å². The van der Waals surface area contributed by atoms with E-state index in [0.29, 0.717) is 5.90 Å². The average Bonchev–Trinajstić information content (AvgIpc) is 2.66. The highest BCUT2D eigenvalue weighted by Crippen LogP contribution is 2.13. The molecule has 2 rings (SSSR count). The van der Waals surface area contributed by atoms with Gasteiger partial charge in [0.1, 0.15) is 0 Å². The van der Waals surface area contributed by atoms with E-state index in [4.69, 9.17) is 9.84 Å². The molecule has 1 N–H and O–H groups in total. The van der Waals surface area contributed by atoms with Gasteiger partial charge in [-0.1, -0.05) is 17.7 Å². The zero-order chi connectivity index (χ0) is 10.8. The summed E-state index contributed by atoms with van der Waals surface area (Å²) in [5, 5.41) is 8.73. The van der Waals surface area contributed by atoms with Crippen molar-refractivity contribution >= 4 is 11.9 Å². The van der Waals surface area contributed by atoms with Crippen LogP contribution in [0.4, 0.5) is 0 Å². The fraction of sp³-hybridized carbons (Fsp3) is 0.273. The van der Waals surface area contributed by atoms with Crippen LogP contribution in [0.2, 0.25) is 0 Å². The van der Waals surface area contributed by atoms with Gasteiger partial charge in [0.25, 0.3) is 0 Å². The van der Waals surface area contributed by atoms with Crippen molar-refractivity contribution in [3.05, 3.63) is 35.4 Å². The van der Waals surface area contributed by atoms with E-state index in [1.807, 2.05) is 31.2 Å². The Morgan fingerprint density at radius 3 is 3.00 bits per heavy atom. The van der Waals surface area contributed by atoms with Crippen LogP contribution in [-0.2, 0) is 9.53 Å². The monoisotopic (exact) mass is 205 g/mol. The molecule has 0 radical (unpaired) electrons. The van der Waals surface area contributed by atoms with Crippen LogP contribution in [0.5, 0.6) is 0 Å². The van der Waals surface area contributed by atoms with Crippen LogP contribution in [0.15, 0.2) is 29.3 Å². The molecular weight excluding hydrogens is 194 g/mol. The molecule has 1 aliphatic heterocycles. The fourth-order valence-corrected chi connectivity index (χ4v) is 1.44. The molecule has 0 aliphatic carbocycles. The second-order valence-corrected chi connectivity index (χ2v) is 3.46. The van der Waals surface area contributed by atoms with E-state index in [2.05, 4.69) is 4.99 Å². The summed E-state index contributed by atoms with van der Waals surface area (Å²) >= 11 is 0. The Bertz CT molecular complexity index is 426. The van der Waals surface area contributed by atoms with E-state index in [1.165, 1.54) is 0 Å². The second kappa shape index (κ2) is 3.73. The lowest BCUT2D eigenvalue weighted by molar-refractivity contribution is -0.144. The van der Waals surface area contributed by atoms with Crippen LogP contribution in [0, 0.1) is 6.92 Å². The zero-order valence-corrected chi connectivity index (χ0v) is 8.30. The summed E-state index contributed by atoms with van der Waals surface area (Å²) in [6.45, 7) is 2.16. The number of carbonyl (C=O) groups is 1. The minimum absolute atomic E-state index is 0.193. The summed E-state index contributed by atoms with van der Waals surface area (Å²) in [5.74, 6) is -0.549. The molecule has 0 amide bonds. The molecule has 0 spiro atoms. The van der Waals surface area contributed by atoms with Crippen LogP contribution < -0.4 is 0 Å². The predicted molar refractivity (Wildman–Crippen MR) is 55.1 cm³/mol. The molecule has 0 fully saturated rings. The molecule has 1 atom stereocenters. The van der Waals surface area contributed by atoms with Crippen molar-refractivity contribution in [3.8, 4) is 0 Å². The first-order chi connectivity index (χ1) is 7.16. The summed E-state index contributed by atoms with van der Waals surface area (Å²) in [7, 11) is 0. The second-order valence-electron chi connectivity index (χ2n) is 3.46. The van der Waals surface area contributed by atoms with Crippen molar-refractivity contribution in [1.29, 1.82) is 0 Å². The molecule has 1 heterocycles. The van der Waals surface area contributed by atoms with E-state index in [1.54, 1.807) is 0 Å². The Morgan fingerprint density at radius 2 is 2.40 bits per heavy atom. The summed E-state index contributed by atoms with van der Waals surface area (Å²) in [6.07, 6.45) is -0.833. The fourth-order valence-electron chi connectivity index (χ4n) is 1.44. The molecular formula is C11H11NO3. The normalized spacial score (nSPS) is 19.5. The standard InChI is InChI=1S/C11H11NO3/c1-7-3-2-4-8(5-7)10-12-6-9(15-10)11(13)14/h2-5,9H,6H2,1H3,(H,13,14). The molecule has 1 aromatic rings. The third kappa shape index (κ3) is 1.98. The van der Waals surface area contributed by atoms with E-state index in [-0.39, 0.29) is 6.54 Å². The highest BCUT2D eigenvalue weighted by Gasteiger charge is 2.26. The van der Waals surface area contributed by atoms with Gasteiger partial charge in [0.15, 0.2) is 0 Å². The summed E-state index contributed by atoms with van der Waals surface area (Å²) in [4.78, 5) is 14.7. The summed E-state index contributed by atoms with van der Waals surface area (Å²) < 4.78 is 5.21. The molecule has 1 aromatic carbocycles. The van der Waals surface area contributed by atoms with Gasteiger partial charge >= 0.3 is 5.97 Å². The van der Waals surface area contributed by atoms with Crippen molar-refractivity contribution < 1.29 is 14.6 Å². The third-order valence-electron chi connectivity index (χ3n) is 2.20. The quantitative estimate of drug-likeness (QED) is 0.789. The number of carboxylic acid groups (broad SMARTS) is 1. The van der Waals surface area contributed by atoms with Crippen LogP contribution in [0.25, 0.3) is 0 Å². The van der Waals surface area contributed by atoms with Crippen molar-refractivity contribution in [3.63, 3.8) is 0 Å². The molecule has 1 aliphatic rings. The first-order valence-corrected chi connectivity index (χ1v) is 4.68. The maximum atomic E-state index is 10.6. The number of aliphatic imine (C=N–C) groups is 1. The largest absolute Gasteiger partial charge is 0.478 e. The molecule has 0 saturated heterocycles. The van der Waals surface area contributed by atoms with Gasteiger partial charge in [-0.15, -0.1) is 0 Å². The Morgan fingerprint density at radius 1 is 1.60 bits per heavy atom. The lowest BCUT2D eigenvalue weighted by Gasteiger charge is -2.06.